The summed E-state index contributed by atoms with van der Waals surface area (Å²) in [5.41, 5.74) is 0. The standard InChI is InChI=1S/C12H14FNO2S/c13-9-1-3-11(4-2-9)17-8-12(16)14-6-5-10(15)7-14/h1-4,10,15H,5-8H2/t10-/m0/s1. The molecule has 1 aromatic carbocycles. The van der Waals surface area contributed by atoms with Gasteiger partial charge in [0.15, 0.2) is 0 Å². The number of benzene rings is 1. The van der Waals surface area contributed by atoms with Gasteiger partial charge in [0, 0.05) is 18.0 Å². The van der Waals surface area contributed by atoms with Crippen molar-refractivity contribution in [2.24, 2.45) is 0 Å². The Balaban J connectivity index is 1.82. The van der Waals surface area contributed by atoms with Crippen LogP contribution in [0.4, 0.5) is 4.39 Å². The molecule has 1 saturated heterocycles. The van der Waals surface area contributed by atoms with E-state index in [2.05, 4.69) is 0 Å². The number of thioether (sulfide) groups is 1. The molecule has 1 aliphatic heterocycles. The fraction of sp³-hybridized carbons (Fsp3) is 0.417. The van der Waals surface area contributed by atoms with Gasteiger partial charge in [-0.2, -0.15) is 0 Å². The molecule has 1 aromatic rings. The van der Waals surface area contributed by atoms with E-state index in [1.807, 2.05) is 0 Å². The van der Waals surface area contributed by atoms with Crippen molar-refractivity contribution in [2.75, 3.05) is 18.8 Å². The lowest BCUT2D eigenvalue weighted by Crippen LogP contribution is -2.30. The van der Waals surface area contributed by atoms with Crippen LogP contribution in [0.1, 0.15) is 6.42 Å². The summed E-state index contributed by atoms with van der Waals surface area (Å²) in [6.45, 7) is 1.06. The zero-order valence-electron chi connectivity index (χ0n) is 9.30. The second-order valence-electron chi connectivity index (χ2n) is 4.02. The first-order valence-electron chi connectivity index (χ1n) is 5.49. The highest BCUT2D eigenvalue weighted by Gasteiger charge is 2.24. The number of aliphatic hydroxyl groups is 1. The monoisotopic (exact) mass is 255 g/mol. The Hall–Kier alpha value is -1.07. The minimum atomic E-state index is -0.380. The highest BCUT2D eigenvalue weighted by atomic mass is 32.2. The van der Waals surface area contributed by atoms with E-state index in [1.165, 1.54) is 23.9 Å². The molecule has 2 rings (SSSR count). The molecule has 0 bridgehead atoms. The Morgan fingerprint density at radius 3 is 2.76 bits per heavy atom. The molecule has 0 aliphatic carbocycles. The number of carbonyl (C=O) groups is 1. The molecule has 5 heteroatoms. The summed E-state index contributed by atoms with van der Waals surface area (Å²) in [6, 6.07) is 6.08. The fourth-order valence-corrected chi connectivity index (χ4v) is 2.54. The van der Waals surface area contributed by atoms with Crippen LogP contribution in [0, 0.1) is 5.82 Å². The lowest BCUT2D eigenvalue weighted by molar-refractivity contribution is -0.127. The maximum Gasteiger partial charge on any atom is 0.233 e. The number of β-amino-alcohol motifs (C(OH)–C–C–N with tert-alkyl or cyclic N) is 1. The van der Waals surface area contributed by atoms with Crippen LogP contribution in [0.3, 0.4) is 0 Å². The summed E-state index contributed by atoms with van der Waals surface area (Å²) >= 11 is 1.39. The normalized spacial score (nSPS) is 19.6. The van der Waals surface area contributed by atoms with Crippen LogP contribution in [0.5, 0.6) is 0 Å². The molecule has 1 heterocycles. The van der Waals surface area contributed by atoms with Crippen LogP contribution >= 0.6 is 11.8 Å². The molecule has 1 amide bonds. The highest BCUT2D eigenvalue weighted by Crippen LogP contribution is 2.19. The average molecular weight is 255 g/mol. The van der Waals surface area contributed by atoms with E-state index in [4.69, 9.17) is 0 Å². The Kier molecular flexibility index (Phi) is 4.02. The quantitative estimate of drug-likeness (QED) is 0.832. The van der Waals surface area contributed by atoms with Gasteiger partial charge in [-0.05, 0) is 30.7 Å². The number of nitrogens with zero attached hydrogens (tertiary/aromatic N) is 1. The van der Waals surface area contributed by atoms with Gasteiger partial charge >= 0.3 is 0 Å². The second-order valence-corrected chi connectivity index (χ2v) is 5.07. The van der Waals surface area contributed by atoms with E-state index in [-0.39, 0.29) is 17.8 Å². The van der Waals surface area contributed by atoms with Gasteiger partial charge in [-0.25, -0.2) is 4.39 Å². The first-order valence-corrected chi connectivity index (χ1v) is 6.48. The van der Waals surface area contributed by atoms with Gasteiger partial charge in [0.2, 0.25) is 5.91 Å². The van der Waals surface area contributed by atoms with E-state index in [1.54, 1.807) is 17.0 Å². The van der Waals surface area contributed by atoms with E-state index in [9.17, 15) is 14.3 Å². The maximum atomic E-state index is 12.7. The molecule has 0 spiro atoms. The third kappa shape index (κ3) is 3.44. The molecule has 1 atom stereocenters. The molecular weight excluding hydrogens is 241 g/mol. The Bertz CT molecular complexity index is 396. The zero-order valence-corrected chi connectivity index (χ0v) is 10.1. The largest absolute Gasteiger partial charge is 0.391 e. The first kappa shape index (κ1) is 12.4. The summed E-state index contributed by atoms with van der Waals surface area (Å²) in [5, 5.41) is 9.32. The van der Waals surface area contributed by atoms with E-state index in [0.29, 0.717) is 25.3 Å². The number of hydrogen-bond acceptors (Lipinski definition) is 3. The zero-order chi connectivity index (χ0) is 12.3. The molecule has 1 N–H and O–H groups in total. The first-order chi connectivity index (χ1) is 8.15. The molecule has 0 saturated carbocycles. The second kappa shape index (κ2) is 5.51. The summed E-state index contributed by atoms with van der Waals surface area (Å²) in [4.78, 5) is 14.3. The van der Waals surface area contributed by atoms with Crippen molar-refractivity contribution in [1.29, 1.82) is 0 Å². The van der Waals surface area contributed by atoms with Crippen LogP contribution < -0.4 is 0 Å². The molecule has 3 nitrogen and oxygen atoms in total. The molecular formula is C12H14FNO2S. The van der Waals surface area contributed by atoms with Crippen LogP contribution in [-0.2, 0) is 4.79 Å². The average Bonchev–Trinajstić information content (AvgIpc) is 2.75. The smallest absolute Gasteiger partial charge is 0.233 e. The van der Waals surface area contributed by atoms with Crippen LogP contribution in [-0.4, -0.2) is 40.9 Å². The molecule has 0 aromatic heterocycles. The molecule has 92 valence electrons. The molecule has 1 aliphatic rings. The minimum Gasteiger partial charge on any atom is -0.391 e. The number of amides is 1. The van der Waals surface area contributed by atoms with Crippen molar-refractivity contribution in [3.8, 4) is 0 Å². The summed E-state index contributed by atoms with van der Waals surface area (Å²) in [5.74, 6) is 0.0810. The number of aliphatic hydroxyl groups excluding tert-OH is 1. The fourth-order valence-electron chi connectivity index (χ4n) is 1.74. The third-order valence-electron chi connectivity index (χ3n) is 2.69. The predicted octanol–water partition coefficient (Wildman–Crippen LogP) is 1.51. The van der Waals surface area contributed by atoms with Crippen molar-refractivity contribution in [3.63, 3.8) is 0 Å². The molecule has 0 unspecified atom stereocenters. The molecule has 1 fully saturated rings. The maximum absolute atomic E-state index is 12.7. The summed E-state index contributed by atoms with van der Waals surface area (Å²) < 4.78 is 12.7. The Labute approximate surface area is 104 Å². The number of carbonyl (C=O) groups excluding carboxylic acids is 1. The highest BCUT2D eigenvalue weighted by molar-refractivity contribution is 8.00. The number of halogens is 1. The molecule has 0 radical (unpaired) electrons. The third-order valence-corrected chi connectivity index (χ3v) is 3.69. The van der Waals surface area contributed by atoms with Gasteiger partial charge < -0.3 is 10.0 Å². The van der Waals surface area contributed by atoms with Crippen molar-refractivity contribution < 1.29 is 14.3 Å². The van der Waals surface area contributed by atoms with Gasteiger partial charge in [-0.15, -0.1) is 11.8 Å². The van der Waals surface area contributed by atoms with Gasteiger partial charge in [0.25, 0.3) is 0 Å². The van der Waals surface area contributed by atoms with Gasteiger partial charge in [-0.3, -0.25) is 4.79 Å². The van der Waals surface area contributed by atoms with Gasteiger partial charge in [0.05, 0.1) is 11.9 Å². The Morgan fingerprint density at radius 2 is 2.18 bits per heavy atom. The van der Waals surface area contributed by atoms with Crippen molar-refractivity contribution in [1.82, 2.24) is 4.90 Å². The number of hydrogen-bond donors (Lipinski definition) is 1. The SMILES string of the molecule is O=C(CSc1ccc(F)cc1)N1CC[C@H](O)C1. The summed E-state index contributed by atoms with van der Waals surface area (Å²) in [6.07, 6.45) is 0.280. The van der Waals surface area contributed by atoms with Crippen molar-refractivity contribution in [3.05, 3.63) is 30.1 Å². The lowest BCUT2D eigenvalue weighted by atomic mass is 10.3. The van der Waals surface area contributed by atoms with Crippen LogP contribution in [0.25, 0.3) is 0 Å². The van der Waals surface area contributed by atoms with Crippen LogP contribution in [0.2, 0.25) is 0 Å². The predicted molar refractivity (Wildman–Crippen MR) is 64.3 cm³/mol. The minimum absolute atomic E-state index is 0.0240. The van der Waals surface area contributed by atoms with Crippen molar-refractivity contribution >= 4 is 17.7 Å². The van der Waals surface area contributed by atoms with E-state index in [0.717, 1.165) is 4.90 Å². The van der Waals surface area contributed by atoms with Gasteiger partial charge in [-0.1, -0.05) is 0 Å². The van der Waals surface area contributed by atoms with E-state index >= 15 is 0 Å². The Morgan fingerprint density at radius 1 is 1.47 bits per heavy atom. The number of likely N-dealkylation sites (tertiary alicyclic amines) is 1. The molecule has 17 heavy (non-hydrogen) atoms. The van der Waals surface area contributed by atoms with Gasteiger partial charge in [0.1, 0.15) is 5.82 Å². The van der Waals surface area contributed by atoms with Crippen LogP contribution in [0.15, 0.2) is 29.2 Å². The topological polar surface area (TPSA) is 40.5 Å². The number of rotatable bonds is 3. The lowest BCUT2D eigenvalue weighted by Gasteiger charge is -2.14. The van der Waals surface area contributed by atoms with E-state index < -0.39 is 0 Å². The summed E-state index contributed by atoms with van der Waals surface area (Å²) in [7, 11) is 0. The van der Waals surface area contributed by atoms with Crippen molar-refractivity contribution in [2.45, 2.75) is 17.4 Å².